The van der Waals surface area contributed by atoms with Gasteiger partial charge in [0.25, 0.3) is 15.9 Å². The number of benzene rings is 2. The van der Waals surface area contributed by atoms with Gasteiger partial charge in [-0.05, 0) is 42.5 Å². The second-order valence-corrected chi connectivity index (χ2v) is 8.75. The average molecular weight is 437 g/mol. The van der Waals surface area contributed by atoms with Gasteiger partial charge in [-0.15, -0.1) is 11.3 Å². The van der Waals surface area contributed by atoms with E-state index in [1.165, 1.54) is 29.5 Å². The number of thiazole rings is 1. The fourth-order valence-corrected chi connectivity index (χ4v) is 4.44. The van der Waals surface area contributed by atoms with Gasteiger partial charge >= 0.3 is 0 Å². The number of nitrogens with zero attached hydrogens (tertiary/aromatic N) is 2. The van der Waals surface area contributed by atoms with Crippen LogP contribution in [-0.4, -0.2) is 24.3 Å². The molecule has 0 fully saturated rings. The van der Waals surface area contributed by atoms with Crippen LogP contribution in [0, 0.1) is 0 Å². The second kappa shape index (κ2) is 8.44. The molecule has 0 aliphatic rings. The zero-order chi connectivity index (χ0) is 21.0. The molecule has 2 N–H and O–H groups in total. The molecule has 0 saturated carbocycles. The van der Waals surface area contributed by atoms with Crippen LogP contribution in [0.1, 0.15) is 10.4 Å². The number of rotatable bonds is 6. The molecule has 0 spiro atoms. The maximum absolute atomic E-state index is 12.6. The van der Waals surface area contributed by atoms with E-state index < -0.39 is 15.9 Å². The lowest BCUT2D eigenvalue weighted by Gasteiger charge is -2.09. The Kier molecular flexibility index (Phi) is 5.55. The molecule has 2 aromatic carbocycles. The molecule has 0 atom stereocenters. The third-order valence-corrected chi connectivity index (χ3v) is 6.24. The SMILES string of the molecule is O=C(Nc1nc(-c2ccccn2)cs1)c1cccc(NS(=O)(=O)c2ccccc2)c1. The Hall–Kier alpha value is -3.56. The highest BCUT2D eigenvalue weighted by Gasteiger charge is 2.15. The summed E-state index contributed by atoms with van der Waals surface area (Å²) in [5, 5.41) is 4.97. The predicted octanol–water partition coefficient (Wildman–Crippen LogP) is 4.26. The third kappa shape index (κ3) is 4.53. The van der Waals surface area contributed by atoms with Crippen molar-refractivity contribution < 1.29 is 13.2 Å². The molecule has 2 aromatic heterocycles. The van der Waals surface area contributed by atoms with Gasteiger partial charge < -0.3 is 0 Å². The summed E-state index contributed by atoms with van der Waals surface area (Å²) in [6.07, 6.45) is 1.68. The van der Waals surface area contributed by atoms with E-state index in [4.69, 9.17) is 0 Å². The van der Waals surface area contributed by atoms with Crippen molar-refractivity contribution in [1.29, 1.82) is 0 Å². The van der Waals surface area contributed by atoms with Crippen molar-refractivity contribution in [2.24, 2.45) is 0 Å². The van der Waals surface area contributed by atoms with Gasteiger partial charge in [-0.25, -0.2) is 13.4 Å². The zero-order valence-electron chi connectivity index (χ0n) is 15.5. The van der Waals surface area contributed by atoms with Crippen LogP contribution in [0.3, 0.4) is 0 Å². The number of pyridine rings is 1. The van der Waals surface area contributed by atoms with Gasteiger partial charge in [-0.3, -0.25) is 19.8 Å². The van der Waals surface area contributed by atoms with Crippen LogP contribution >= 0.6 is 11.3 Å². The topological polar surface area (TPSA) is 101 Å². The van der Waals surface area contributed by atoms with Gasteiger partial charge in [0, 0.05) is 22.8 Å². The van der Waals surface area contributed by atoms with Crippen LogP contribution in [0.15, 0.2) is 89.3 Å². The fraction of sp³-hybridized carbons (Fsp3) is 0. The van der Waals surface area contributed by atoms with Gasteiger partial charge in [0.15, 0.2) is 5.13 Å². The predicted molar refractivity (Wildman–Crippen MR) is 117 cm³/mol. The quantitative estimate of drug-likeness (QED) is 0.470. The Morgan fingerprint density at radius 3 is 2.47 bits per heavy atom. The molecular formula is C21H16N4O3S2. The number of sulfonamides is 1. The van der Waals surface area contributed by atoms with E-state index in [2.05, 4.69) is 20.0 Å². The summed E-state index contributed by atoms with van der Waals surface area (Å²) in [5.41, 5.74) is 1.98. The Labute approximate surface area is 177 Å². The molecule has 4 aromatic rings. The first-order chi connectivity index (χ1) is 14.5. The van der Waals surface area contributed by atoms with Crippen LogP contribution in [0.25, 0.3) is 11.4 Å². The lowest BCUT2D eigenvalue weighted by molar-refractivity contribution is 0.102. The van der Waals surface area contributed by atoms with Crippen LogP contribution < -0.4 is 10.0 Å². The van der Waals surface area contributed by atoms with Gasteiger partial charge in [0.2, 0.25) is 0 Å². The summed E-state index contributed by atoms with van der Waals surface area (Å²) in [6.45, 7) is 0. The van der Waals surface area contributed by atoms with Gasteiger partial charge in [-0.1, -0.05) is 30.3 Å². The standard InChI is InChI=1S/C21H16N4O3S2/c26-20(24-21-23-19(14-29-21)18-11-4-5-12-22-18)15-7-6-8-16(13-15)25-30(27,28)17-9-2-1-3-10-17/h1-14,25H,(H,23,24,26). The van der Waals surface area contributed by atoms with Crippen LogP contribution in [0.2, 0.25) is 0 Å². The Balaban J connectivity index is 1.49. The summed E-state index contributed by atoms with van der Waals surface area (Å²) in [6, 6.07) is 19.8. The first-order valence-electron chi connectivity index (χ1n) is 8.87. The molecule has 0 saturated heterocycles. The molecule has 0 aliphatic heterocycles. The van der Waals surface area contributed by atoms with E-state index in [9.17, 15) is 13.2 Å². The smallest absolute Gasteiger partial charge is 0.261 e. The van der Waals surface area contributed by atoms with Crippen molar-refractivity contribution in [3.05, 3.63) is 89.9 Å². The molecule has 150 valence electrons. The normalized spacial score (nSPS) is 11.1. The molecule has 1 amide bonds. The monoisotopic (exact) mass is 436 g/mol. The van der Waals surface area contributed by atoms with Crippen molar-refractivity contribution >= 4 is 38.1 Å². The minimum absolute atomic E-state index is 0.143. The Morgan fingerprint density at radius 2 is 1.70 bits per heavy atom. The van der Waals surface area contributed by atoms with Crippen molar-refractivity contribution in [3.63, 3.8) is 0 Å². The number of anilines is 2. The van der Waals surface area contributed by atoms with Crippen LogP contribution in [0.5, 0.6) is 0 Å². The summed E-state index contributed by atoms with van der Waals surface area (Å²) < 4.78 is 27.5. The maximum atomic E-state index is 12.6. The average Bonchev–Trinajstić information content (AvgIpc) is 3.23. The molecular weight excluding hydrogens is 420 g/mol. The molecule has 9 heteroatoms. The van der Waals surface area contributed by atoms with Crippen molar-refractivity contribution in [2.75, 3.05) is 10.0 Å². The molecule has 4 rings (SSSR count). The zero-order valence-corrected chi connectivity index (χ0v) is 17.2. The molecule has 0 bridgehead atoms. The number of hydrogen-bond acceptors (Lipinski definition) is 6. The number of amides is 1. The van der Waals surface area contributed by atoms with Gasteiger partial charge in [0.05, 0.1) is 10.6 Å². The summed E-state index contributed by atoms with van der Waals surface area (Å²) in [4.78, 5) is 21.4. The summed E-state index contributed by atoms with van der Waals surface area (Å²) in [5.74, 6) is -0.391. The highest BCUT2D eigenvalue weighted by molar-refractivity contribution is 7.92. The summed E-state index contributed by atoms with van der Waals surface area (Å²) in [7, 11) is -3.74. The van der Waals surface area contributed by atoms with Crippen molar-refractivity contribution in [2.45, 2.75) is 4.90 Å². The molecule has 30 heavy (non-hydrogen) atoms. The Morgan fingerprint density at radius 1 is 0.900 bits per heavy atom. The van der Waals surface area contributed by atoms with E-state index in [0.717, 1.165) is 0 Å². The lowest BCUT2D eigenvalue weighted by atomic mass is 10.2. The number of aromatic nitrogens is 2. The van der Waals surface area contributed by atoms with Crippen molar-refractivity contribution in [3.8, 4) is 11.4 Å². The number of nitrogens with one attached hydrogen (secondary N) is 2. The van der Waals surface area contributed by atoms with Gasteiger partial charge in [0.1, 0.15) is 5.69 Å². The van der Waals surface area contributed by atoms with E-state index in [1.54, 1.807) is 42.6 Å². The first kappa shape index (κ1) is 19.7. The first-order valence-corrected chi connectivity index (χ1v) is 11.2. The fourth-order valence-electron chi connectivity index (χ4n) is 2.67. The molecule has 0 radical (unpaired) electrons. The van der Waals surface area contributed by atoms with Crippen molar-refractivity contribution in [1.82, 2.24) is 9.97 Å². The van der Waals surface area contributed by atoms with E-state index in [-0.39, 0.29) is 4.90 Å². The highest BCUT2D eigenvalue weighted by atomic mass is 32.2. The maximum Gasteiger partial charge on any atom is 0.261 e. The molecule has 7 nitrogen and oxygen atoms in total. The number of carbonyl (C=O) groups is 1. The molecule has 0 aliphatic carbocycles. The molecule has 2 heterocycles. The largest absolute Gasteiger partial charge is 0.298 e. The van der Waals surface area contributed by atoms with Crippen LogP contribution in [-0.2, 0) is 10.0 Å². The van der Waals surface area contributed by atoms with Crippen LogP contribution in [0.4, 0.5) is 10.8 Å². The second-order valence-electron chi connectivity index (χ2n) is 6.21. The summed E-state index contributed by atoms with van der Waals surface area (Å²) >= 11 is 1.28. The lowest BCUT2D eigenvalue weighted by Crippen LogP contribution is -2.15. The molecule has 0 unspecified atom stereocenters. The minimum atomic E-state index is -3.74. The van der Waals surface area contributed by atoms with E-state index in [1.807, 2.05) is 23.6 Å². The Bertz CT molecular complexity index is 1270. The third-order valence-electron chi connectivity index (χ3n) is 4.08. The van der Waals surface area contributed by atoms with E-state index in [0.29, 0.717) is 27.8 Å². The van der Waals surface area contributed by atoms with Gasteiger partial charge in [-0.2, -0.15) is 0 Å². The number of hydrogen-bond donors (Lipinski definition) is 2. The van der Waals surface area contributed by atoms with E-state index >= 15 is 0 Å². The minimum Gasteiger partial charge on any atom is -0.298 e. The number of carbonyl (C=O) groups excluding carboxylic acids is 1. The highest BCUT2D eigenvalue weighted by Crippen LogP contribution is 2.24.